The van der Waals surface area contributed by atoms with Crippen LogP contribution in [0.5, 0.6) is 5.88 Å². The summed E-state index contributed by atoms with van der Waals surface area (Å²) in [6.45, 7) is 0. The Bertz CT molecular complexity index is 545. The zero-order valence-electron chi connectivity index (χ0n) is 11.3. The lowest BCUT2D eigenvalue weighted by Gasteiger charge is -2.05. The molecule has 5 heteroatoms. The molecule has 0 saturated heterocycles. The third kappa shape index (κ3) is 3.23. The van der Waals surface area contributed by atoms with E-state index in [0.29, 0.717) is 5.92 Å². The molecule has 1 fully saturated rings. The second kappa shape index (κ2) is 6.32. The number of hydrogen-bond acceptors (Lipinski definition) is 4. The van der Waals surface area contributed by atoms with Crippen molar-refractivity contribution in [2.24, 2.45) is 5.92 Å². The number of aromatic carboxylic acids is 1. The van der Waals surface area contributed by atoms with Crippen LogP contribution in [0.15, 0.2) is 24.3 Å². The Labute approximate surface area is 117 Å². The van der Waals surface area contributed by atoms with Crippen LogP contribution in [0, 0.1) is 5.92 Å². The number of carboxylic acid groups (broad SMARTS) is 1. The van der Waals surface area contributed by atoms with Crippen LogP contribution >= 0.6 is 0 Å². The van der Waals surface area contributed by atoms with Crippen molar-refractivity contribution in [3.05, 3.63) is 35.5 Å². The van der Waals surface area contributed by atoms with Gasteiger partial charge in [-0.15, -0.1) is 0 Å². The lowest BCUT2D eigenvalue weighted by molar-refractivity contribution is 0.0691. The van der Waals surface area contributed by atoms with Crippen molar-refractivity contribution in [2.45, 2.75) is 25.7 Å². The van der Waals surface area contributed by atoms with Crippen LogP contribution < -0.4 is 4.74 Å². The van der Waals surface area contributed by atoms with Gasteiger partial charge in [0, 0.05) is 0 Å². The molecule has 0 spiro atoms. The van der Waals surface area contributed by atoms with Crippen molar-refractivity contribution in [1.29, 1.82) is 0 Å². The minimum absolute atomic E-state index is 0.0439. The van der Waals surface area contributed by atoms with Gasteiger partial charge in [0.15, 0.2) is 0 Å². The second-order valence-electron chi connectivity index (χ2n) is 4.83. The molecule has 0 unspecified atom stereocenters. The first kappa shape index (κ1) is 14.2. The summed E-state index contributed by atoms with van der Waals surface area (Å²) in [5.41, 5.74) is 0.143. The van der Waals surface area contributed by atoms with Crippen molar-refractivity contribution in [2.75, 3.05) is 7.11 Å². The van der Waals surface area contributed by atoms with Gasteiger partial charge in [-0.05, 0) is 37.0 Å². The summed E-state index contributed by atoms with van der Waals surface area (Å²) >= 11 is 0. The first-order valence-electron chi connectivity index (χ1n) is 6.62. The van der Waals surface area contributed by atoms with Gasteiger partial charge in [-0.25, -0.2) is 9.78 Å². The predicted octanol–water partition coefficient (Wildman–Crippen LogP) is 2.72. The molecule has 1 aliphatic rings. The SMILES string of the molecule is COc1nc(C(=O)/C=C/C2CCCC2)ccc1C(=O)O. The highest BCUT2D eigenvalue weighted by molar-refractivity contribution is 6.03. The molecule has 1 N–H and O–H groups in total. The summed E-state index contributed by atoms with van der Waals surface area (Å²) in [5.74, 6) is -0.932. The molecular weight excluding hydrogens is 258 g/mol. The van der Waals surface area contributed by atoms with E-state index >= 15 is 0 Å². The maximum atomic E-state index is 12.0. The van der Waals surface area contributed by atoms with Gasteiger partial charge in [0.2, 0.25) is 11.7 Å². The Morgan fingerprint density at radius 3 is 2.65 bits per heavy atom. The summed E-state index contributed by atoms with van der Waals surface area (Å²) in [7, 11) is 1.33. The average Bonchev–Trinajstić information content (AvgIpc) is 2.97. The van der Waals surface area contributed by atoms with Crippen molar-refractivity contribution in [3.63, 3.8) is 0 Å². The molecule has 20 heavy (non-hydrogen) atoms. The minimum atomic E-state index is -1.13. The second-order valence-corrected chi connectivity index (χ2v) is 4.83. The maximum Gasteiger partial charge on any atom is 0.341 e. The number of aromatic nitrogens is 1. The molecule has 0 atom stereocenters. The highest BCUT2D eigenvalue weighted by Crippen LogP contribution is 2.25. The maximum absolute atomic E-state index is 12.0. The number of carbonyl (C=O) groups excluding carboxylic acids is 1. The normalized spacial score (nSPS) is 15.7. The standard InChI is InChI=1S/C15H17NO4/c1-20-14-11(15(18)19)7-8-12(16-14)13(17)9-6-10-4-2-3-5-10/h6-10H,2-5H2,1H3,(H,18,19)/b9-6+. The summed E-state index contributed by atoms with van der Waals surface area (Å²) < 4.78 is 4.91. The number of allylic oxidation sites excluding steroid dienone is 2. The van der Waals surface area contributed by atoms with Gasteiger partial charge in [-0.1, -0.05) is 18.9 Å². The first-order valence-corrected chi connectivity index (χ1v) is 6.62. The smallest absolute Gasteiger partial charge is 0.341 e. The summed E-state index contributed by atoms with van der Waals surface area (Å²) in [4.78, 5) is 26.9. The molecule has 0 radical (unpaired) electrons. The van der Waals surface area contributed by atoms with Crippen LogP contribution in [0.2, 0.25) is 0 Å². The fourth-order valence-corrected chi connectivity index (χ4v) is 2.35. The highest BCUT2D eigenvalue weighted by atomic mass is 16.5. The molecule has 0 bridgehead atoms. The first-order chi connectivity index (χ1) is 9.61. The van der Waals surface area contributed by atoms with Crippen LogP contribution in [-0.2, 0) is 0 Å². The Morgan fingerprint density at radius 2 is 2.05 bits per heavy atom. The number of rotatable bonds is 5. The molecule has 106 valence electrons. The van der Waals surface area contributed by atoms with Gasteiger partial charge in [-0.3, -0.25) is 4.79 Å². The monoisotopic (exact) mass is 275 g/mol. The number of nitrogens with zero attached hydrogens (tertiary/aromatic N) is 1. The van der Waals surface area contributed by atoms with E-state index in [1.807, 2.05) is 6.08 Å². The Hall–Kier alpha value is -2.17. The molecule has 0 aromatic carbocycles. The molecule has 2 rings (SSSR count). The topological polar surface area (TPSA) is 76.5 Å². The zero-order chi connectivity index (χ0) is 14.5. The number of ether oxygens (including phenoxy) is 1. The molecule has 5 nitrogen and oxygen atoms in total. The number of methoxy groups -OCH3 is 1. The van der Waals surface area contributed by atoms with E-state index in [1.54, 1.807) is 0 Å². The number of pyridine rings is 1. The van der Waals surface area contributed by atoms with Gasteiger partial charge in [0.1, 0.15) is 11.3 Å². The van der Waals surface area contributed by atoms with Crippen molar-refractivity contribution < 1.29 is 19.4 Å². The molecule has 1 aliphatic carbocycles. The summed E-state index contributed by atoms with van der Waals surface area (Å²) in [6.07, 6.45) is 8.12. The Morgan fingerprint density at radius 1 is 1.35 bits per heavy atom. The van der Waals surface area contributed by atoms with Crippen LogP contribution in [-0.4, -0.2) is 29.0 Å². The van der Waals surface area contributed by atoms with E-state index in [0.717, 1.165) is 12.8 Å². The van der Waals surface area contributed by atoms with Crippen molar-refractivity contribution in [1.82, 2.24) is 4.98 Å². The van der Waals surface area contributed by atoms with Crippen LogP contribution in [0.3, 0.4) is 0 Å². The van der Waals surface area contributed by atoms with Crippen LogP contribution in [0.25, 0.3) is 0 Å². The van der Waals surface area contributed by atoms with Gasteiger partial charge in [0.05, 0.1) is 7.11 Å². The van der Waals surface area contributed by atoms with Gasteiger partial charge < -0.3 is 9.84 Å². The number of carboxylic acids is 1. The molecule has 0 amide bonds. The van der Waals surface area contributed by atoms with Crippen molar-refractivity contribution >= 4 is 11.8 Å². The van der Waals surface area contributed by atoms with E-state index in [9.17, 15) is 9.59 Å². The average molecular weight is 275 g/mol. The van der Waals surface area contributed by atoms with Gasteiger partial charge >= 0.3 is 5.97 Å². The third-order valence-electron chi connectivity index (χ3n) is 3.46. The van der Waals surface area contributed by atoms with E-state index in [-0.39, 0.29) is 22.9 Å². The van der Waals surface area contributed by atoms with Crippen LogP contribution in [0.4, 0.5) is 0 Å². The quantitative estimate of drug-likeness (QED) is 0.660. The van der Waals surface area contributed by atoms with E-state index in [2.05, 4.69) is 4.98 Å². The molecular formula is C15H17NO4. The molecule has 0 aliphatic heterocycles. The van der Waals surface area contributed by atoms with E-state index < -0.39 is 5.97 Å². The number of ketones is 1. The molecule has 1 saturated carbocycles. The van der Waals surface area contributed by atoms with Crippen LogP contribution in [0.1, 0.15) is 46.5 Å². The number of hydrogen-bond donors (Lipinski definition) is 1. The summed E-state index contributed by atoms with van der Waals surface area (Å²) in [6, 6.07) is 2.75. The van der Waals surface area contributed by atoms with Crippen molar-refractivity contribution in [3.8, 4) is 5.88 Å². The van der Waals surface area contributed by atoms with Gasteiger partial charge in [0.25, 0.3) is 0 Å². The van der Waals surface area contributed by atoms with E-state index in [4.69, 9.17) is 9.84 Å². The highest BCUT2D eigenvalue weighted by Gasteiger charge is 2.16. The Balaban J connectivity index is 2.15. The zero-order valence-corrected chi connectivity index (χ0v) is 11.3. The molecule has 1 heterocycles. The predicted molar refractivity (Wildman–Crippen MR) is 73.2 cm³/mol. The lowest BCUT2D eigenvalue weighted by atomic mass is 10.1. The fourth-order valence-electron chi connectivity index (χ4n) is 2.35. The third-order valence-corrected chi connectivity index (χ3v) is 3.46. The Kier molecular flexibility index (Phi) is 4.50. The fraction of sp³-hybridized carbons (Fsp3) is 0.400. The van der Waals surface area contributed by atoms with Gasteiger partial charge in [-0.2, -0.15) is 0 Å². The largest absolute Gasteiger partial charge is 0.480 e. The minimum Gasteiger partial charge on any atom is -0.480 e. The number of carbonyl (C=O) groups is 2. The molecule has 1 aromatic rings. The molecule has 1 aromatic heterocycles. The van der Waals surface area contributed by atoms with E-state index in [1.165, 1.54) is 38.2 Å². The summed E-state index contributed by atoms with van der Waals surface area (Å²) in [5, 5.41) is 8.95. The lowest BCUT2D eigenvalue weighted by Crippen LogP contribution is -2.07.